The molecule has 2 aromatic carbocycles. The standard InChI is InChI=1S/C19H20O2.C5H10O/c20-18(15-9-3-1-4-10-15)16-11-5-6-12-17(16)19(21)13-7-2-8-14-19;1-3-5(6)4-2/h1,3-6,9-12,21H,2,7-8,13-14H2;3-4H2,1-2H3. The molecule has 0 atom stereocenters. The number of ketones is 2. The second-order valence-electron chi connectivity index (χ2n) is 7.08. The molecule has 0 saturated heterocycles. The van der Waals surface area contributed by atoms with Gasteiger partial charge in [0.05, 0.1) is 5.60 Å². The zero-order valence-corrected chi connectivity index (χ0v) is 16.4. The largest absolute Gasteiger partial charge is 0.385 e. The lowest BCUT2D eigenvalue weighted by molar-refractivity contribution is -0.118. The van der Waals surface area contributed by atoms with E-state index in [1.807, 2.05) is 68.4 Å². The summed E-state index contributed by atoms with van der Waals surface area (Å²) in [5, 5.41) is 11.0. The molecule has 27 heavy (non-hydrogen) atoms. The maximum absolute atomic E-state index is 12.7. The van der Waals surface area contributed by atoms with Gasteiger partial charge in [-0.25, -0.2) is 0 Å². The van der Waals surface area contributed by atoms with E-state index in [1.54, 1.807) is 0 Å². The van der Waals surface area contributed by atoms with Crippen molar-refractivity contribution >= 4 is 11.6 Å². The Bertz CT molecular complexity index is 737. The molecular formula is C24H30O3. The first kappa shape index (κ1) is 21.0. The zero-order chi connectivity index (χ0) is 19.7. The molecule has 1 fully saturated rings. The Morgan fingerprint density at radius 3 is 1.96 bits per heavy atom. The summed E-state index contributed by atoms with van der Waals surface area (Å²) in [4.78, 5) is 22.9. The predicted octanol–water partition coefficient (Wildman–Crippen LogP) is 5.44. The second kappa shape index (κ2) is 10.2. The van der Waals surface area contributed by atoms with Gasteiger partial charge < -0.3 is 5.11 Å². The highest BCUT2D eigenvalue weighted by Gasteiger charge is 2.34. The number of rotatable bonds is 5. The molecule has 1 N–H and O–H groups in total. The van der Waals surface area contributed by atoms with Crippen molar-refractivity contribution in [1.29, 1.82) is 0 Å². The fourth-order valence-corrected chi connectivity index (χ4v) is 3.49. The zero-order valence-electron chi connectivity index (χ0n) is 16.4. The van der Waals surface area contributed by atoms with E-state index in [4.69, 9.17) is 0 Å². The van der Waals surface area contributed by atoms with Crippen LogP contribution < -0.4 is 0 Å². The average molecular weight is 367 g/mol. The summed E-state index contributed by atoms with van der Waals surface area (Å²) in [6.45, 7) is 3.76. The van der Waals surface area contributed by atoms with Crippen molar-refractivity contribution in [2.45, 2.75) is 64.4 Å². The first-order chi connectivity index (χ1) is 13.0. The van der Waals surface area contributed by atoms with Crippen LogP contribution in [0.3, 0.4) is 0 Å². The quantitative estimate of drug-likeness (QED) is 0.716. The molecule has 0 aromatic heterocycles. The van der Waals surface area contributed by atoms with Crippen molar-refractivity contribution in [2.75, 3.05) is 0 Å². The van der Waals surface area contributed by atoms with Crippen LogP contribution >= 0.6 is 0 Å². The van der Waals surface area contributed by atoms with E-state index in [9.17, 15) is 14.7 Å². The molecule has 1 aliphatic carbocycles. The van der Waals surface area contributed by atoms with Crippen LogP contribution in [0.1, 0.15) is 80.3 Å². The molecule has 0 spiro atoms. The molecule has 0 heterocycles. The van der Waals surface area contributed by atoms with Gasteiger partial charge in [0.2, 0.25) is 0 Å². The van der Waals surface area contributed by atoms with E-state index in [-0.39, 0.29) is 5.78 Å². The molecule has 1 aliphatic rings. The molecule has 3 nitrogen and oxygen atoms in total. The summed E-state index contributed by atoms with van der Waals surface area (Å²) >= 11 is 0. The fourth-order valence-electron chi connectivity index (χ4n) is 3.49. The molecule has 0 bridgehead atoms. The van der Waals surface area contributed by atoms with Crippen molar-refractivity contribution in [1.82, 2.24) is 0 Å². The smallest absolute Gasteiger partial charge is 0.193 e. The minimum atomic E-state index is -0.848. The second-order valence-corrected chi connectivity index (χ2v) is 7.08. The summed E-state index contributed by atoms with van der Waals surface area (Å²) < 4.78 is 0. The third-order valence-corrected chi connectivity index (χ3v) is 5.18. The van der Waals surface area contributed by atoms with Gasteiger partial charge in [0.1, 0.15) is 5.78 Å². The molecule has 2 aromatic rings. The Balaban J connectivity index is 0.000000380. The number of hydrogen-bond acceptors (Lipinski definition) is 3. The summed E-state index contributed by atoms with van der Waals surface area (Å²) in [6.07, 6.45) is 6.07. The van der Waals surface area contributed by atoms with Crippen LogP contribution in [0.4, 0.5) is 0 Å². The summed E-state index contributed by atoms with van der Waals surface area (Å²) in [6, 6.07) is 16.8. The highest BCUT2D eigenvalue weighted by Crippen LogP contribution is 2.38. The number of benzene rings is 2. The Labute approximate surface area is 162 Å². The molecule has 3 rings (SSSR count). The molecule has 1 saturated carbocycles. The van der Waals surface area contributed by atoms with Gasteiger partial charge in [0, 0.05) is 24.0 Å². The molecule has 0 aliphatic heterocycles. The van der Waals surface area contributed by atoms with Gasteiger partial charge in [-0.3, -0.25) is 9.59 Å². The predicted molar refractivity (Wildman–Crippen MR) is 109 cm³/mol. The highest BCUT2D eigenvalue weighted by atomic mass is 16.3. The SMILES string of the molecule is CCC(=O)CC.O=C(c1ccccc1)c1ccccc1C1(O)CCCCC1. The topological polar surface area (TPSA) is 54.4 Å². The van der Waals surface area contributed by atoms with E-state index in [0.717, 1.165) is 37.7 Å². The van der Waals surface area contributed by atoms with Crippen molar-refractivity contribution in [2.24, 2.45) is 0 Å². The molecule has 144 valence electrons. The van der Waals surface area contributed by atoms with Crippen molar-refractivity contribution in [3.63, 3.8) is 0 Å². The van der Waals surface area contributed by atoms with Gasteiger partial charge in [-0.15, -0.1) is 0 Å². The summed E-state index contributed by atoms with van der Waals surface area (Å²) in [7, 11) is 0. The van der Waals surface area contributed by atoms with E-state index < -0.39 is 5.60 Å². The maximum Gasteiger partial charge on any atom is 0.193 e. The van der Waals surface area contributed by atoms with Crippen molar-refractivity contribution in [3.8, 4) is 0 Å². The first-order valence-corrected chi connectivity index (χ1v) is 9.95. The Morgan fingerprint density at radius 1 is 0.852 bits per heavy atom. The minimum absolute atomic E-state index is 0.00908. The molecule has 3 heteroatoms. The number of Topliss-reactive ketones (excluding diaryl/α,β-unsaturated/α-hetero) is 1. The van der Waals surface area contributed by atoms with Crippen LogP contribution in [0, 0.1) is 0 Å². The highest BCUT2D eigenvalue weighted by molar-refractivity contribution is 6.10. The Morgan fingerprint density at radius 2 is 1.41 bits per heavy atom. The molecule has 0 amide bonds. The van der Waals surface area contributed by atoms with E-state index >= 15 is 0 Å². The van der Waals surface area contributed by atoms with E-state index in [1.165, 1.54) is 0 Å². The van der Waals surface area contributed by atoms with Gasteiger partial charge >= 0.3 is 0 Å². The monoisotopic (exact) mass is 366 g/mol. The summed E-state index contributed by atoms with van der Waals surface area (Å²) in [5.74, 6) is 0.334. The first-order valence-electron chi connectivity index (χ1n) is 9.95. The van der Waals surface area contributed by atoms with Gasteiger partial charge in [0.25, 0.3) is 0 Å². The summed E-state index contributed by atoms with van der Waals surface area (Å²) in [5.41, 5.74) is 1.25. The van der Waals surface area contributed by atoms with Crippen molar-refractivity contribution in [3.05, 3.63) is 71.3 Å². The lowest BCUT2D eigenvalue weighted by Gasteiger charge is -2.33. The third-order valence-electron chi connectivity index (χ3n) is 5.18. The lowest BCUT2D eigenvalue weighted by Crippen LogP contribution is -2.30. The van der Waals surface area contributed by atoms with E-state index in [2.05, 4.69) is 0 Å². The van der Waals surface area contributed by atoms with Crippen molar-refractivity contribution < 1.29 is 14.7 Å². The van der Waals surface area contributed by atoms with Gasteiger partial charge in [-0.05, 0) is 18.4 Å². The van der Waals surface area contributed by atoms with Crippen LogP contribution in [0.25, 0.3) is 0 Å². The molecule has 0 unspecified atom stereocenters. The Kier molecular flexibility index (Phi) is 7.93. The molecule has 0 radical (unpaired) electrons. The normalized spacial score (nSPS) is 15.4. The van der Waals surface area contributed by atoms with Crippen LogP contribution in [-0.4, -0.2) is 16.7 Å². The number of hydrogen-bond donors (Lipinski definition) is 1. The van der Waals surface area contributed by atoms with Gasteiger partial charge in [-0.1, -0.05) is 87.7 Å². The molecular weight excluding hydrogens is 336 g/mol. The number of carbonyl (C=O) groups excluding carboxylic acids is 2. The van der Waals surface area contributed by atoms with Crippen LogP contribution in [0.5, 0.6) is 0 Å². The minimum Gasteiger partial charge on any atom is -0.385 e. The number of aliphatic hydroxyl groups is 1. The fraction of sp³-hybridized carbons (Fsp3) is 0.417. The van der Waals surface area contributed by atoms with Crippen LogP contribution in [-0.2, 0) is 10.4 Å². The van der Waals surface area contributed by atoms with E-state index in [0.29, 0.717) is 29.8 Å². The van der Waals surface area contributed by atoms with Gasteiger partial charge in [-0.2, -0.15) is 0 Å². The lowest BCUT2D eigenvalue weighted by atomic mass is 9.77. The number of carbonyl (C=O) groups is 2. The third kappa shape index (κ3) is 5.61. The van der Waals surface area contributed by atoms with Gasteiger partial charge in [0.15, 0.2) is 5.78 Å². The maximum atomic E-state index is 12.7. The van der Waals surface area contributed by atoms with Crippen LogP contribution in [0.2, 0.25) is 0 Å². The average Bonchev–Trinajstić information content (AvgIpc) is 2.74. The van der Waals surface area contributed by atoms with Crippen LogP contribution in [0.15, 0.2) is 54.6 Å². The Hall–Kier alpha value is -2.26.